The molecule has 0 spiro atoms. The first-order valence-electron chi connectivity index (χ1n) is 6.71. The monoisotopic (exact) mass is 278 g/mol. The van der Waals surface area contributed by atoms with E-state index in [1.165, 1.54) is 21.7 Å². The van der Waals surface area contributed by atoms with E-state index in [0.717, 1.165) is 6.42 Å². The fourth-order valence-corrected chi connectivity index (χ4v) is 2.14. The summed E-state index contributed by atoms with van der Waals surface area (Å²) in [5.74, 6) is -0.497. The van der Waals surface area contributed by atoms with Crippen LogP contribution in [0.15, 0.2) is 16.9 Å². The van der Waals surface area contributed by atoms with Crippen molar-refractivity contribution in [3.05, 3.63) is 28.2 Å². The van der Waals surface area contributed by atoms with Gasteiger partial charge in [0, 0.05) is 25.7 Å². The molecule has 1 N–H and O–H groups in total. The maximum absolute atomic E-state index is 12.4. The molecule has 7 heteroatoms. The average molecular weight is 278 g/mol. The summed E-state index contributed by atoms with van der Waals surface area (Å²) in [6.45, 7) is 4.95. The van der Waals surface area contributed by atoms with Crippen molar-refractivity contribution in [3.8, 4) is 0 Å². The van der Waals surface area contributed by atoms with Crippen LogP contribution < -0.4 is 10.9 Å². The zero-order valence-corrected chi connectivity index (χ0v) is 11.6. The van der Waals surface area contributed by atoms with Gasteiger partial charge in [-0.3, -0.25) is 14.4 Å². The molecule has 0 saturated carbocycles. The van der Waals surface area contributed by atoms with Crippen molar-refractivity contribution in [1.82, 2.24) is 20.0 Å². The van der Waals surface area contributed by atoms with Crippen LogP contribution >= 0.6 is 0 Å². The maximum Gasteiger partial charge on any atom is 0.275 e. The Morgan fingerprint density at radius 3 is 2.90 bits per heavy atom. The highest BCUT2D eigenvalue weighted by atomic mass is 16.2. The lowest BCUT2D eigenvalue weighted by molar-refractivity contribution is -0.127. The average Bonchev–Trinajstić information content (AvgIpc) is 2.44. The van der Waals surface area contributed by atoms with Crippen molar-refractivity contribution in [2.75, 3.05) is 13.1 Å². The Kier molecular flexibility index (Phi) is 4.16. The van der Waals surface area contributed by atoms with E-state index < -0.39 is 6.04 Å². The molecule has 1 unspecified atom stereocenters. The number of aromatic nitrogens is 2. The van der Waals surface area contributed by atoms with E-state index >= 15 is 0 Å². The van der Waals surface area contributed by atoms with E-state index in [9.17, 15) is 14.4 Å². The van der Waals surface area contributed by atoms with Gasteiger partial charge in [-0.05, 0) is 19.4 Å². The van der Waals surface area contributed by atoms with Crippen LogP contribution in [0.4, 0.5) is 0 Å². The highest BCUT2D eigenvalue weighted by molar-refractivity contribution is 5.96. The molecule has 0 aliphatic carbocycles. The second-order valence-corrected chi connectivity index (χ2v) is 4.75. The van der Waals surface area contributed by atoms with Crippen LogP contribution in [0.3, 0.4) is 0 Å². The molecule has 0 radical (unpaired) electrons. The number of rotatable bonds is 3. The van der Waals surface area contributed by atoms with Gasteiger partial charge in [0.2, 0.25) is 5.91 Å². The quantitative estimate of drug-likeness (QED) is 0.816. The zero-order valence-electron chi connectivity index (χ0n) is 11.6. The third-order valence-electron chi connectivity index (χ3n) is 3.28. The second kappa shape index (κ2) is 5.85. The van der Waals surface area contributed by atoms with E-state index in [2.05, 4.69) is 10.4 Å². The number of piperazine rings is 1. The molecule has 0 aromatic carbocycles. The molecular formula is C13H18N4O3. The van der Waals surface area contributed by atoms with Gasteiger partial charge in [-0.1, -0.05) is 6.92 Å². The Morgan fingerprint density at radius 1 is 1.45 bits per heavy atom. The molecule has 1 saturated heterocycles. The fourth-order valence-electron chi connectivity index (χ4n) is 2.14. The van der Waals surface area contributed by atoms with Crippen LogP contribution in [0.5, 0.6) is 0 Å². The van der Waals surface area contributed by atoms with Crippen molar-refractivity contribution in [2.45, 2.75) is 32.9 Å². The van der Waals surface area contributed by atoms with Crippen molar-refractivity contribution < 1.29 is 9.59 Å². The van der Waals surface area contributed by atoms with Gasteiger partial charge < -0.3 is 10.2 Å². The van der Waals surface area contributed by atoms with Gasteiger partial charge >= 0.3 is 0 Å². The number of amides is 2. The SMILES string of the molecule is CCCn1nc(C(=O)N2CCNC(=O)C2C)ccc1=O. The number of carbonyl (C=O) groups is 2. The van der Waals surface area contributed by atoms with E-state index in [1.54, 1.807) is 6.92 Å². The third-order valence-corrected chi connectivity index (χ3v) is 3.28. The third kappa shape index (κ3) is 2.71. The molecule has 20 heavy (non-hydrogen) atoms. The van der Waals surface area contributed by atoms with Crippen LogP contribution in [-0.2, 0) is 11.3 Å². The van der Waals surface area contributed by atoms with Crippen LogP contribution in [0.25, 0.3) is 0 Å². The highest BCUT2D eigenvalue weighted by Crippen LogP contribution is 2.08. The molecule has 2 amide bonds. The molecule has 1 atom stereocenters. The Morgan fingerprint density at radius 2 is 2.20 bits per heavy atom. The topological polar surface area (TPSA) is 84.3 Å². The molecule has 2 rings (SSSR count). The Balaban J connectivity index is 2.26. The first-order valence-corrected chi connectivity index (χ1v) is 6.71. The second-order valence-electron chi connectivity index (χ2n) is 4.75. The predicted molar refractivity (Wildman–Crippen MR) is 72.3 cm³/mol. The standard InChI is InChI=1S/C13H18N4O3/c1-3-7-17-11(18)5-4-10(15-17)13(20)16-8-6-14-12(19)9(16)2/h4-5,9H,3,6-8H2,1-2H3,(H,14,19). The first kappa shape index (κ1) is 14.2. The van der Waals surface area contributed by atoms with E-state index in [1.807, 2.05) is 6.92 Å². The summed E-state index contributed by atoms with van der Waals surface area (Å²) in [6.07, 6.45) is 0.757. The summed E-state index contributed by atoms with van der Waals surface area (Å²) in [5.41, 5.74) is -0.0348. The van der Waals surface area contributed by atoms with Gasteiger partial charge in [-0.2, -0.15) is 5.10 Å². The number of carbonyl (C=O) groups excluding carboxylic acids is 2. The molecule has 1 aliphatic heterocycles. The highest BCUT2D eigenvalue weighted by Gasteiger charge is 2.30. The zero-order chi connectivity index (χ0) is 14.7. The molecule has 1 fully saturated rings. The molecule has 1 aromatic heterocycles. The summed E-state index contributed by atoms with van der Waals surface area (Å²) in [7, 11) is 0. The number of aryl methyl sites for hydroxylation is 1. The van der Waals surface area contributed by atoms with Gasteiger partial charge in [-0.15, -0.1) is 0 Å². The number of nitrogens with one attached hydrogen (secondary N) is 1. The Bertz CT molecular complexity index is 581. The van der Waals surface area contributed by atoms with Crippen LogP contribution in [0.1, 0.15) is 30.8 Å². The van der Waals surface area contributed by atoms with Gasteiger partial charge in [0.05, 0.1) is 0 Å². The largest absolute Gasteiger partial charge is 0.353 e. The van der Waals surface area contributed by atoms with Crippen molar-refractivity contribution in [3.63, 3.8) is 0 Å². The van der Waals surface area contributed by atoms with Gasteiger partial charge in [0.25, 0.3) is 11.5 Å². The molecule has 7 nitrogen and oxygen atoms in total. The smallest absolute Gasteiger partial charge is 0.275 e. The summed E-state index contributed by atoms with van der Waals surface area (Å²) in [4.78, 5) is 37.0. The lowest BCUT2D eigenvalue weighted by Gasteiger charge is -2.32. The van der Waals surface area contributed by atoms with Gasteiger partial charge in [0.15, 0.2) is 0 Å². The molecule has 0 bridgehead atoms. The van der Waals surface area contributed by atoms with Crippen LogP contribution in [0.2, 0.25) is 0 Å². The van der Waals surface area contributed by atoms with Crippen molar-refractivity contribution >= 4 is 11.8 Å². The summed E-state index contributed by atoms with van der Waals surface area (Å²) < 4.78 is 1.28. The summed E-state index contributed by atoms with van der Waals surface area (Å²) >= 11 is 0. The summed E-state index contributed by atoms with van der Waals surface area (Å²) in [5, 5.41) is 6.78. The minimum Gasteiger partial charge on any atom is -0.353 e. The first-order chi connectivity index (χ1) is 9.54. The fraction of sp³-hybridized carbons (Fsp3) is 0.538. The number of nitrogens with zero attached hydrogens (tertiary/aromatic N) is 3. The van der Waals surface area contributed by atoms with Crippen LogP contribution in [-0.4, -0.2) is 45.6 Å². The predicted octanol–water partition coefficient (Wildman–Crippen LogP) is -0.386. The number of hydrogen-bond donors (Lipinski definition) is 1. The van der Waals surface area contributed by atoms with Crippen molar-refractivity contribution in [2.24, 2.45) is 0 Å². The summed E-state index contributed by atoms with van der Waals surface area (Å²) in [6, 6.07) is 2.23. The van der Waals surface area contributed by atoms with Gasteiger partial charge in [-0.25, -0.2) is 4.68 Å². The van der Waals surface area contributed by atoms with E-state index in [-0.39, 0.29) is 23.1 Å². The molecule has 1 aromatic rings. The normalized spacial score (nSPS) is 18.8. The molecule has 2 heterocycles. The Hall–Kier alpha value is -2.18. The van der Waals surface area contributed by atoms with Gasteiger partial charge in [0.1, 0.15) is 11.7 Å². The molecular weight excluding hydrogens is 260 g/mol. The molecule has 1 aliphatic rings. The lowest BCUT2D eigenvalue weighted by Crippen LogP contribution is -2.56. The van der Waals surface area contributed by atoms with E-state index in [0.29, 0.717) is 19.6 Å². The van der Waals surface area contributed by atoms with Crippen molar-refractivity contribution in [1.29, 1.82) is 0 Å². The minimum atomic E-state index is -0.524. The molecule has 108 valence electrons. The Labute approximate surface area is 116 Å². The number of hydrogen-bond acceptors (Lipinski definition) is 4. The lowest BCUT2D eigenvalue weighted by atomic mass is 10.2. The maximum atomic E-state index is 12.4. The minimum absolute atomic E-state index is 0.175. The van der Waals surface area contributed by atoms with E-state index in [4.69, 9.17) is 0 Å². The van der Waals surface area contributed by atoms with Crippen LogP contribution in [0, 0.1) is 0 Å².